The average Bonchev–Trinajstić information content (AvgIpc) is 2.27. The first kappa shape index (κ1) is 13.0. The molecule has 1 aliphatic carbocycles. The van der Waals surface area contributed by atoms with Gasteiger partial charge in [0.1, 0.15) is 5.54 Å². The van der Waals surface area contributed by atoms with E-state index in [2.05, 4.69) is 25.2 Å². The topological polar surface area (TPSA) is 78.9 Å². The molecule has 0 bridgehead atoms. The van der Waals surface area contributed by atoms with Crippen molar-refractivity contribution in [2.75, 3.05) is 6.54 Å². The van der Waals surface area contributed by atoms with Gasteiger partial charge < -0.3 is 11.1 Å². The number of hydrogen-bond donors (Lipinski definition) is 2. The maximum atomic E-state index is 11.8. The van der Waals surface area contributed by atoms with Crippen LogP contribution in [0.25, 0.3) is 0 Å². The number of rotatable bonds is 3. The third-order valence-corrected chi connectivity index (χ3v) is 3.16. The van der Waals surface area contributed by atoms with Gasteiger partial charge in [0.2, 0.25) is 5.91 Å². The SMILES string of the molecule is CC(C)CNC(=O)C1CCC(N)(C#N)CC1. The first-order valence-corrected chi connectivity index (χ1v) is 5.95. The van der Waals surface area contributed by atoms with Crippen molar-refractivity contribution < 1.29 is 4.79 Å². The number of carbonyl (C=O) groups excluding carboxylic acids is 1. The predicted octanol–water partition coefficient (Wildman–Crippen LogP) is 1.17. The van der Waals surface area contributed by atoms with Gasteiger partial charge in [0.05, 0.1) is 6.07 Å². The molecule has 0 spiro atoms. The van der Waals surface area contributed by atoms with Crippen molar-refractivity contribution in [3.05, 3.63) is 0 Å². The number of carbonyl (C=O) groups is 1. The minimum Gasteiger partial charge on any atom is -0.356 e. The van der Waals surface area contributed by atoms with Gasteiger partial charge in [-0.25, -0.2) is 0 Å². The van der Waals surface area contributed by atoms with Crippen molar-refractivity contribution in [3.8, 4) is 6.07 Å². The Morgan fingerprint density at radius 2 is 2.12 bits per heavy atom. The van der Waals surface area contributed by atoms with Crippen molar-refractivity contribution in [3.63, 3.8) is 0 Å². The van der Waals surface area contributed by atoms with Gasteiger partial charge in [0, 0.05) is 12.5 Å². The van der Waals surface area contributed by atoms with Gasteiger partial charge >= 0.3 is 0 Å². The van der Waals surface area contributed by atoms with Gasteiger partial charge in [0.25, 0.3) is 0 Å². The van der Waals surface area contributed by atoms with E-state index in [4.69, 9.17) is 11.0 Å². The fourth-order valence-corrected chi connectivity index (χ4v) is 1.96. The molecule has 1 amide bonds. The number of amides is 1. The molecule has 0 unspecified atom stereocenters. The lowest BCUT2D eigenvalue weighted by Gasteiger charge is -2.31. The first-order valence-electron chi connectivity index (χ1n) is 5.95. The fourth-order valence-electron chi connectivity index (χ4n) is 1.96. The summed E-state index contributed by atoms with van der Waals surface area (Å²) in [5, 5.41) is 11.8. The molecule has 4 nitrogen and oxygen atoms in total. The van der Waals surface area contributed by atoms with Crippen LogP contribution in [0.3, 0.4) is 0 Å². The van der Waals surface area contributed by atoms with Gasteiger partial charge in [-0.05, 0) is 31.6 Å². The highest BCUT2D eigenvalue weighted by molar-refractivity contribution is 5.78. The second-order valence-corrected chi connectivity index (χ2v) is 5.18. The molecule has 0 heterocycles. The second kappa shape index (κ2) is 5.31. The molecule has 1 rings (SSSR count). The molecule has 16 heavy (non-hydrogen) atoms. The van der Waals surface area contributed by atoms with Crippen LogP contribution in [0.4, 0.5) is 0 Å². The van der Waals surface area contributed by atoms with Crippen molar-refractivity contribution in [1.82, 2.24) is 5.32 Å². The van der Waals surface area contributed by atoms with E-state index in [0.717, 1.165) is 19.4 Å². The van der Waals surface area contributed by atoms with Crippen molar-refractivity contribution in [2.45, 2.75) is 45.1 Å². The summed E-state index contributed by atoms with van der Waals surface area (Å²) in [5.74, 6) is 0.637. The van der Waals surface area contributed by atoms with Gasteiger partial charge in [-0.2, -0.15) is 5.26 Å². The summed E-state index contributed by atoms with van der Waals surface area (Å²) in [7, 11) is 0. The number of nitrogens with zero attached hydrogens (tertiary/aromatic N) is 1. The molecule has 0 radical (unpaired) electrons. The Morgan fingerprint density at radius 3 is 2.56 bits per heavy atom. The van der Waals surface area contributed by atoms with E-state index in [0.29, 0.717) is 18.8 Å². The van der Waals surface area contributed by atoms with Gasteiger partial charge in [0.15, 0.2) is 0 Å². The molecular weight excluding hydrogens is 202 g/mol. The molecule has 1 aliphatic rings. The monoisotopic (exact) mass is 223 g/mol. The number of nitriles is 1. The van der Waals surface area contributed by atoms with Crippen LogP contribution in [0.5, 0.6) is 0 Å². The Balaban J connectivity index is 2.37. The Labute approximate surface area is 97.2 Å². The summed E-state index contributed by atoms with van der Waals surface area (Å²) in [5.41, 5.74) is 5.15. The lowest BCUT2D eigenvalue weighted by molar-refractivity contribution is -0.126. The highest BCUT2D eigenvalue weighted by Crippen LogP contribution is 2.29. The minimum absolute atomic E-state index is 0.0452. The van der Waals surface area contributed by atoms with E-state index in [1.165, 1.54) is 0 Å². The maximum Gasteiger partial charge on any atom is 0.223 e. The van der Waals surface area contributed by atoms with E-state index >= 15 is 0 Å². The second-order valence-electron chi connectivity index (χ2n) is 5.18. The van der Waals surface area contributed by atoms with E-state index in [1.807, 2.05) is 0 Å². The molecule has 1 fully saturated rings. The summed E-state index contributed by atoms with van der Waals surface area (Å²) < 4.78 is 0. The molecule has 1 saturated carbocycles. The van der Waals surface area contributed by atoms with Crippen molar-refractivity contribution >= 4 is 5.91 Å². The molecule has 0 aliphatic heterocycles. The van der Waals surface area contributed by atoms with Crippen LogP contribution >= 0.6 is 0 Å². The van der Waals surface area contributed by atoms with Crippen LogP contribution in [-0.4, -0.2) is 18.0 Å². The smallest absolute Gasteiger partial charge is 0.223 e. The molecule has 0 aromatic heterocycles. The quantitative estimate of drug-likeness (QED) is 0.753. The zero-order valence-electron chi connectivity index (χ0n) is 10.1. The zero-order valence-corrected chi connectivity index (χ0v) is 10.1. The standard InChI is InChI=1S/C12H21N3O/c1-9(2)7-15-11(16)10-3-5-12(14,8-13)6-4-10/h9-10H,3-7,14H2,1-2H3,(H,15,16). The van der Waals surface area contributed by atoms with Crippen LogP contribution in [0.2, 0.25) is 0 Å². The Bertz CT molecular complexity index is 285. The lowest BCUT2D eigenvalue weighted by atomic mass is 9.77. The maximum absolute atomic E-state index is 11.8. The van der Waals surface area contributed by atoms with Crippen LogP contribution in [0, 0.1) is 23.2 Å². The Morgan fingerprint density at radius 1 is 1.56 bits per heavy atom. The van der Waals surface area contributed by atoms with Gasteiger partial charge in [-0.1, -0.05) is 13.8 Å². The van der Waals surface area contributed by atoms with Crippen molar-refractivity contribution in [1.29, 1.82) is 5.26 Å². The summed E-state index contributed by atoms with van der Waals surface area (Å²) >= 11 is 0. The largest absolute Gasteiger partial charge is 0.356 e. The minimum atomic E-state index is -0.700. The highest BCUT2D eigenvalue weighted by Gasteiger charge is 2.34. The first-order chi connectivity index (χ1) is 7.47. The van der Waals surface area contributed by atoms with Crippen LogP contribution in [0.15, 0.2) is 0 Å². The molecular formula is C12H21N3O. The molecule has 3 N–H and O–H groups in total. The normalized spacial score (nSPS) is 29.8. The number of nitrogens with two attached hydrogens (primary N) is 1. The molecule has 0 aromatic rings. The van der Waals surface area contributed by atoms with Crippen LogP contribution in [0.1, 0.15) is 39.5 Å². The third-order valence-electron chi connectivity index (χ3n) is 3.16. The van der Waals surface area contributed by atoms with Crippen LogP contribution in [-0.2, 0) is 4.79 Å². The predicted molar refractivity (Wildman–Crippen MR) is 62.3 cm³/mol. The summed E-state index contributed by atoms with van der Waals surface area (Å²) in [4.78, 5) is 11.8. The van der Waals surface area contributed by atoms with Crippen LogP contribution < -0.4 is 11.1 Å². The van der Waals surface area contributed by atoms with Gasteiger partial charge in [-0.15, -0.1) is 0 Å². The van der Waals surface area contributed by atoms with E-state index < -0.39 is 5.54 Å². The fraction of sp³-hybridized carbons (Fsp3) is 0.833. The third kappa shape index (κ3) is 3.49. The summed E-state index contributed by atoms with van der Waals surface area (Å²) in [6.45, 7) is 4.87. The number of nitrogens with one attached hydrogen (secondary N) is 1. The highest BCUT2D eigenvalue weighted by atomic mass is 16.1. The van der Waals surface area contributed by atoms with E-state index in [1.54, 1.807) is 0 Å². The van der Waals surface area contributed by atoms with E-state index in [9.17, 15) is 4.79 Å². The molecule has 0 saturated heterocycles. The molecule has 0 atom stereocenters. The molecule has 0 aromatic carbocycles. The molecule has 90 valence electrons. The lowest BCUT2D eigenvalue weighted by Crippen LogP contribution is -2.45. The summed E-state index contributed by atoms with van der Waals surface area (Å²) in [6, 6.07) is 2.14. The van der Waals surface area contributed by atoms with Crippen molar-refractivity contribution in [2.24, 2.45) is 17.6 Å². The zero-order chi connectivity index (χ0) is 12.2. The Kier molecular flexibility index (Phi) is 4.31. The summed E-state index contributed by atoms with van der Waals surface area (Å²) in [6.07, 6.45) is 2.72. The number of hydrogen-bond acceptors (Lipinski definition) is 3. The Hall–Kier alpha value is -1.08. The van der Waals surface area contributed by atoms with Gasteiger partial charge in [-0.3, -0.25) is 4.79 Å². The average molecular weight is 223 g/mol. The van der Waals surface area contributed by atoms with E-state index in [-0.39, 0.29) is 11.8 Å². The molecule has 4 heteroatoms.